The molecule has 2 atom stereocenters. The number of carbonyl (C=O) groups excluding carboxylic acids is 1. The molecule has 116 valence electrons. The molecule has 1 aliphatic rings. The van der Waals surface area contributed by atoms with Crippen LogP contribution in [0, 0.1) is 5.82 Å². The molecule has 0 aliphatic carbocycles. The number of hydrogen-bond acceptors (Lipinski definition) is 3. The zero-order chi connectivity index (χ0) is 15.7. The molecule has 1 amide bonds. The highest BCUT2D eigenvalue weighted by atomic mass is 19.1. The van der Waals surface area contributed by atoms with E-state index in [-0.39, 0.29) is 29.6 Å². The first-order valence-electron chi connectivity index (χ1n) is 7.33. The molecule has 2 aromatic rings. The molecule has 1 saturated heterocycles. The molecule has 4 nitrogen and oxygen atoms in total. The normalized spacial score (nSPS) is 21.9. The molecule has 3 rings (SSSR count). The lowest BCUT2D eigenvalue weighted by Crippen LogP contribution is -2.50. The fourth-order valence-electron chi connectivity index (χ4n) is 2.59. The molecule has 0 radical (unpaired) electrons. The van der Waals surface area contributed by atoms with E-state index in [0.29, 0.717) is 24.5 Å². The van der Waals surface area contributed by atoms with Crippen molar-refractivity contribution >= 4 is 5.91 Å². The molecule has 2 unspecified atom stereocenters. The van der Waals surface area contributed by atoms with Crippen LogP contribution in [0.5, 0.6) is 0 Å². The van der Waals surface area contributed by atoms with Crippen LogP contribution in [-0.2, 0) is 4.74 Å². The lowest BCUT2D eigenvalue weighted by molar-refractivity contribution is -0.0396. The second-order valence-electron chi connectivity index (χ2n) is 5.59. The van der Waals surface area contributed by atoms with Gasteiger partial charge in [0.15, 0.2) is 5.76 Å². The number of benzene rings is 1. The Labute approximate surface area is 128 Å². The second kappa shape index (κ2) is 5.93. The van der Waals surface area contributed by atoms with Gasteiger partial charge < -0.3 is 14.1 Å². The maximum absolute atomic E-state index is 13.8. The number of nitrogens with zero attached hydrogens (tertiary/aromatic N) is 1. The number of furan rings is 1. The number of hydrogen-bond donors (Lipinski definition) is 0. The number of ether oxygens (including phenoxy) is 1. The Morgan fingerprint density at radius 3 is 2.77 bits per heavy atom. The highest BCUT2D eigenvalue weighted by molar-refractivity contribution is 5.92. The molecule has 1 aromatic carbocycles. The average molecular weight is 303 g/mol. The zero-order valence-electron chi connectivity index (χ0n) is 12.6. The summed E-state index contributed by atoms with van der Waals surface area (Å²) in [6.07, 6.45) is 0.00107. The van der Waals surface area contributed by atoms with E-state index >= 15 is 0 Å². The van der Waals surface area contributed by atoms with E-state index in [1.807, 2.05) is 13.8 Å². The van der Waals surface area contributed by atoms with Gasteiger partial charge in [0.1, 0.15) is 11.6 Å². The van der Waals surface area contributed by atoms with Crippen molar-refractivity contribution in [2.24, 2.45) is 0 Å². The average Bonchev–Trinajstić information content (AvgIpc) is 2.99. The minimum absolute atomic E-state index is 0.00107. The summed E-state index contributed by atoms with van der Waals surface area (Å²) in [4.78, 5) is 14.3. The number of rotatable bonds is 2. The van der Waals surface area contributed by atoms with Gasteiger partial charge in [-0.05, 0) is 38.1 Å². The maximum atomic E-state index is 13.8. The van der Waals surface area contributed by atoms with Gasteiger partial charge in [0.05, 0.1) is 24.3 Å². The van der Waals surface area contributed by atoms with Gasteiger partial charge in [-0.15, -0.1) is 0 Å². The van der Waals surface area contributed by atoms with Gasteiger partial charge in [-0.25, -0.2) is 4.39 Å². The van der Waals surface area contributed by atoms with Crippen LogP contribution in [0.4, 0.5) is 4.39 Å². The highest BCUT2D eigenvalue weighted by Gasteiger charge is 2.30. The van der Waals surface area contributed by atoms with Crippen molar-refractivity contribution in [3.63, 3.8) is 0 Å². The molecular formula is C17H18FNO3. The molecule has 1 fully saturated rings. The summed E-state index contributed by atoms with van der Waals surface area (Å²) in [6, 6.07) is 9.55. The topological polar surface area (TPSA) is 42.7 Å². The van der Waals surface area contributed by atoms with Crippen molar-refractivity contribution < 1.29 is 18.3 Å². The zero-order valence-corrected chi connectivity index (χ0v) is 12.6. The summed E-state index contributed by atoms with van der Waals surface area (Å²) in [5.74, 6) is 0.0177. The van der Waals surface area contributed by atoms with Crippen LogP contribution >= 0.6 is 0 Å². The molecule has 0 N–H and O–H groups in total. The smallest absolute Gasteiger partial charge is 0.289 e. The highest BCUT2D eigenvalue weighted by Crippen LogP contribution is 2.26. The van der Waals surface area contributed by atoms with Gasteiger partial charge in [0.2, 0.25) is 0 Å². The molecule has 5 heteroatoms. The van der Waals surface area contributed by atoms with Gasteiger partial charge >= 0.3 is 0 Å². The summed E-state index contributed by atoms with van der Waals surface area (Å²) < 4.78 is 24.9. The fraction of sp³-hybridized carbons (Fsp3) is 0.353. The molecule has 2 heterocycles. The van der Waals surface area contributed by atoms with Crippen LogP contribution in [0.25, 0.3) is 11.3 Å². The lowest BCUT2D eigenvalue weighted by Gasteiger charge is -2.36. The van der Waals surface area contributed by atoms with Crippen LogP contribution in [-0.4, -0.2) is 36.1 Å². The van der Waals surface area contributed by atoms with Crippen molar-refractivity contribution in [1.82, 2.24) is 4.90 Å². The summed E-state index contributed by atoms with van der Waals surface area (Å²) in [7, 11) is 0. The van der Waals surface area contributed by atoms with Gasteiger partial charge in [-0.3, -0.25) is 4.79 Å². The van der Waals surface area contributed by atoms with Crippen molar-refractivity contribution in [3.05, 3.63) is 48.0 Å². The van der Waals surface area contributed by atoms with Gasteiger partial charge in [0.25, 0.3) is 5.91 Å². The SMILES string of the molecule is CC1CN(C(=O)c2ccc(-c3ccccc3F)o2)C(C)CO1. The minimum Gasteiger partial charge on any atom is -0.451 e. The second-order valence-corrected chi connectivity index (χ2v) is 5.59. The lowest BCUT2D eigenvalue weighted by atomic mass is 10.1. The van der Waals surface area contributed by atoms with Gasteiger partial charge in [-0.1, -0.05) is 12.1 Å². The summed E-state index contributed by atoms with van der Waals surface area (Å²) in [5, 5.41) is 0. The Morgan fingerprint density at radius 2 is 2.00 bits per heavy atom. The van der Waals surface area contributed by atoms with Crippen LogP contribution in [0.15, 0.2) is 40.8 Å². The number of amides is 1. The summed E-state index contributed by atoms with van der Waals surface area (Å²) in [6.45, 7) is 4.90. The van der Waals surface area contributed by atoms with Crippen molar-refractivity contribution in [2.75, 3.05) is 13.2 Å². The monoisotopic (exact) mass is 303 g/mol. The number of carbonyl (C=O) groups is 1. The Morgan fingerprint density at radius 1 is 1.23 bits per heavy atom. The van der Waals surface area contributed by atoms with E-state index in [1.165, 1.54) is 6.07 Å². The standard InChI is InChI=1S/C17H18FNO3/c1-11-10-21-12(2)9-19(11)17(20)16-8-7-15(22-16)13-5-3-4-6-14(13)18/h3-8,11-12H,9-10H2,1-2H3. The fourth-order valence-corrected chi connectivity index (χ4v) is 2.59. The van der Waals surface area contributed by atoms with Crippen LogP contribution in [0.1, 0.15) is 24.4 Å². The largest absolute Gasteiger partial charge is 0.451 e. The summed E-state index contributed by atoms with van der Waals surface area (Å²) >= 11 is 0. The van der Waals surface area contributed by atoms with E-state index in [9.17, 15) is 9.18 Å². The minimum atomic E-state index is -0.371. The first-order chi connectivity index (χ1) is 10.6. The molecule has 0 bridgehead atoms. The third-order valence-electron chi connectivity index (χ3n) is 3.82. The van der Waals surface area contributed by atoms with E-state index in [2.05, 4.69) is 0 Å². The van der Waals surface area contributed by atoms with E-state index in [1.54, 1.807) is 35.2 Å². The Hall–Kier alpha value is -2.14. The van der Waals surface area contributed by atoms with Crippen LogP contribution in [0.2, 0.25) is 0 Å². The maximum Gasteiger partial charge on any atom is 0.289 e. The van der Waals surface area contributed by atoms with E-state index in [4.69, 9.17) is 9.15 Å². The van der Waals surface area contributed by atoms with E-state index < -0.39 is 0 Å². The summed E-state index contributed by atoms with van der Waals surface area (Å²) in [5.41, 5.74) is 0.352. The molecule has 0 saturated carbocycles. The molecule has 1 aromatic heterocycles. The van der Waals surface area contributed by atoms with Crippen molar-refractivity contribution in [2.45, 2.75) is 26.0 Å². The van der Waals surface area contributed by atoms with E-state index in [0.717, 1.165) is 0 Å². The Bertz CT molecular complexity index is 682. The molecule has 22 heavy (non-hydrogen) atoms. The number of morpholine rings is 1. The predicted octanol–water partition coefficient (Wildman–Crippen LogP) is 3.34. The first kappa shape index (κ1) is 14.8. The van der Waals surface area contributed by atoms with Crippen molar-refractivity contribution in [1.29, 1.82) is 0 Å². The van der Waals surface area contributed by atoms with Gasteiger partial charge in [-0.2, -0.15) is 0 Å². The third-order valence-corrected chi connectivity index (χ3v) is 3.82. The van der Waals surface area contributed by atoms with Gasteiger partial charge in [0, 0.05) is 6.54 Å². The quantitative estimate of drug-likeness (QED) is 0.854. The van der Waals surface area contributed by atoms with Crippen LogP contribution < -0.4 is 0 Å². The first-order valence-corrected chi connectivity index (χ1v) is 7.33. The van der Waals surface area contributed by atoms with Crippen LogP contribution in [0.3, 0.4) is 0 Å². The molecule has 0 spiro atoms. The molecular weight excluding hydrogens is 285 g/mol. The van der Waals surface area contributed by atoms with Crippen molar-refractivity contribution in [3.8, 4) is 11.3 Å². The predicted molar refractivity (Wildman–Crippen MR) is 80.0 cm³/mol. The number of halogens is 1. The third kappa shape index (κ3) is 2.76. The Balaban J connectivity index is 1.84. The molecule has 1 aliphatic heterocycles. The Kier molecular flexibility index (Phi) is 3.98.